The van der Waals surface area contributed by atoms with E-state index in [0.29, 0.717) is 0 Å². The highest BCUT2D eigenvalue weighted by Gasteiger charge is 2.21. The van der Waals surface area contributed by atoms with E-state index in [0.717, 1.165) is 0 Å². The van der Waals surface area contributed by atoms with Crippen molar-refractivity contribution < 1.29 is 19.8 Å². The van der Waals surface area contributed by atoms with Gasteiger partial charge in [0.25, 0.3) is 10.5 Å². The summed E-state index contributed by atoms with van der Waals surface area (Å²) in [5, 5.41) is 15.2. The van der Waals surface area contributed by atoms with Crippen LogP contribution in [0.3, 0.4) is 0 Å². The zero-order valence-corrected chi connectivity index (χ0v) is 7.36. The fourth-order valence-electron chi connectivity index (χ4n) is 0.229. The highest BCUT2D eigenvalue weighted by atomic mass is 35.5. The first-order valence-electron chi connectivity index (χ1n) is 2.35. The van der Waals surface area contributed by atoms with Crippen LogP contribution < -0.4 is 0 Å². The predicted octanol–water partition coefficient (Wildman–Crippen LogP) is -0.113. The molecule has 0 radical (unpaired) electrons. The van der Waals surface area contributed by atoms with Gasteiger partial charge in [-0.25, -0.2) is 0 Å². The van der Waals surface area contributed by atoms with E-state index < -0.39 is 21.4 Å². The maximum Gasteiger partial charge on any atom is 0.260 e. The van der Waals surface area contributed by atoms with E-state index in [1.165, 1.54) is 0 Å². The molecule has 0 aliphatic carbocycles. The molecule has 0 aromatic rings. The third kappa shape index (κ3) is 4.60. The molecule has 0 aromatic heterocycles. The van der Waals surface area contributed by atoms with Crippen LogP contribution in [0.2, 0.25) is 0 Å². The Hall–Kier alpha value is 0.190. The quantitative estimate of drug-likeness (QED) is 0.509. The Morgan fingerprint density at radius 1 is 1.09 bits per heavy atom. The molecule has 11 heavy (non-hydrogen) atoms. The number of aliphatic hydroxyl groups is 2. The predicted molar refractivity (Wildman–Crippen MR) is 41.3 cm³/mol. The van der Waals surface area contributed by atoms with Crippen LogP contribution >= 0.6 is 35.0 Å². The van der Waals surface area contributed by atoms with Crippen LogP contribution in [-0.4, -0.2) is 31.6 Å². The van der Waals surface area contributed by atoms with Crippen molar-refractivity contribution >= 4 is 45.4 Å². The molecule has 0 aliphatic heterocycles. The first kappa shape index (κ1) is 11.2. The second kappa shape index (κ2) is 4.95. The van der Waals surface area contributed by atoms with E-state index in [1.807, 2.05) is 0 Å². The number of carbonyl (C=O) groups is 2. The topological polar surface area (TPSA) is 74.6 Å². The number of hydrogen-bond donors (Lipinski definition) is 2. The third-order valence-corrected chi connectivity index (χ3v) is 2.26. The van der Waals surface area contributed by atoms with E-state index in [1.54, 1.807) is 0 Å². The molecule has 0 amide bonds. The minimum absolute atomic E-state index is 0.264. The molecule has 0 aliphatic rings. The molecule has 0 saturated heterocycles. The van der Waals surface area contributed by atoms with Gasteiger partial charge in [-0.2, -0.15) is 0 Å². The minimum atomic E-state index is -1.63. The van der Waals surface area contributed by atoms with Gasteiger partial charge < -0.3 is 10.2 Å². The van der Waals surface area contributed by atoms with Crippen LogP contribution in [0.1, 0.15) is 0 Å². The van der Waals surface area contributed by atoms with Gasteiger partial charge >= 0.3 is 0 Å². The van der Waals surface area contributed by atoms with Gasteiger partial charge in [0.2, 0.25) is 0 Å². The van der Waals surface area contributed by atoms with Crippen LogP contribution in [0.4, 0.5) is 0 Å². The number of carbonyl (C=O) groups excluding carboxylic acids is 2. The molecule has 0 fully saturated rings. The summed E-state index contributed by atoms with van der Waals surface area (Å²) in [6, 6.07) is 0. The average Bonchev–Trinajstić information content (AvgIpc) is 1.87. The summed E-state index contributed by atoms with van der Waals surface area (Å²) in [5.74, 6) is 0. The lowest BCUT2D eigenvalue weighted by Crippen LogP contribution is -2.19. The van der Waals surface area contributed by atoms with E-state index in [-0.39, 0.29) is 11.8 Å². The van der Waals surface area contributed by atoms with E-state index in [2.05, 4.69) is 0 Å². The third-order valence-electron chi connectivity index (χ3n) is 0.646. The van der Waals surface area contributed by atoms with Crippen molar-refractivity contribution in [1.29, 1.82) is 0 Å². The Kier molecular flexibility index (Phi) is 5.03. The van der Waals surface area contributed by atoms with Crippen molar-refractivity contribution in [2.75, 3.05) is 0 Å². The molecule has 0 saturated carbocycles. The molecule has 2 atom stereocenters. The van der Waals surface area contributed by atoms with E-state index in [9.17, 15) is 9.59 Å². The molecule has 4 nitrogen and oxygen atoms in total. The van der Waals surface area contributed by atoms with Crippen LogP contribution in [0.25, 0.3) is 0 Å². The average molecular weight is 219 g/mol. The van der Waals surface area contributed by atoms with Crippen molar-refractivity contribution in [3.8, 4) is 0 Å². The summed E-state index contributed by atoms with van der Waals surface area (Å²) >= 11 is 9.87. The fourth-order valence-corrected chi connectivity index (χ4v) is 0.996. The van der Waals surface area contributed by atoms with Crippen LogP contribution in [0, 0.1) is 0 Å². The summed E-state index contributed by atoms with van der Waals surface area (Å²) in [6.07, 6.45) is 0. The first-order chi connectivity index (χ1) is 4.95. The van der Waals surface area contributed by atoms with Crippen LogP contribution in [0.5, 0.6) is 0 Å². The van der Waals surface area contributed by atoms with Crippen molar-refractivity contribution in [3.05, 3.63) is 0 Å². The van der Waals surface area contributed by atoms with Crippen molar-refractivity contribution in [1.82, 2.24) is 0 Å². The Labute approximate surface area is 76.5 Å². The SMILES string of the molecule is O=C(Cl)C(O)SC(O)C(=O)Cl. The molecule has 0 rings (SSSR count). The highest BCUT2D eigenvalue weighted by molar-refractivity contribution is 8.01. The summed E-state index contributed by atoms with van der Waals surface area (Å²) in [6.45, 7) is 0. The Morgan fingerprint density at radius 3 is 1.55 bits per heavy atom. The van der Waals surface area contributed by atoms with Gasteiger partial charge in [-0.1, -0.05) is 11.8 Å². The molecule has 0 aromatic carbocycles. The largest absolute Gasteiger partial charge is 0.374 e. The zero-order valence-electron chi connectivity index (χ0n) is 5.03. The maximum absolute atomic E-state index is 10.1. The second-order valence-corrected chi connectivity index (χ2v) is 3.36. The fraction of sp³-hybridized carbons (Fsp3) is 0.500. The molecular weight excluding hydrogens is 215 g/mol. The van der Waals surface area contributed by atoms with Gasteiger partial charge in [-0.15, -0.1) is 0 Å². The lowest BCUT2D eigenvalue weighted by atomic mass is 10.8. The summed E-state index contributed by atoms with van der Waals surface area (Å²) in [7, 11) is 0. The number of thioether (sulfide) groups is 1. The molecule has 0 spiro atoms. The Balaban J connectivity index is 3.84. The zero-order chi connectivity index (χ0) is 9.02. The lowest BCUT2D eigenvalue weighted by Gasteiger charge is -2.06. The maximum atomic E-state index is 10.1. The molecule has 2 unspecified atom stereocenters. The van der Waals surface area contributed by atoms with E-state index >= 15 is 0 Å². The van der Waals surface area contributed by atoms with Crippen LogP contribution in [0.15, 0.2) is 0 Å². The number of rotatable bonds is 4. The monoisotopic (exact) mass is 218 g/mol. The lowest BCUT2D eigenvalue weighted by molar-refractivity contribution is -0.116. The smallest absolute Gasteiger partial charge is 0.260 e. The summed E-state index contributed by atoms with van der Waals surface area (Å²) < 4.78 is 0. The van der Waals surface area contributed by atoms with Crippen molar-refractivity contribution in [3.63, 3.8) is 0 Å². The van der Waals surface area contributed by atoms with Gasteiger partial charge in [0.05, 0.1) is 0 Å². The van der Waals surface area contributed by atoms with Gasteiger partial charge in [0, 0.05) is 0 Å². The van der Waals surface area contributed by atoms with Gasteiger partial charge in [0.15, 0.2) is 10.9 Å². The van der Waals surface area contributed by atoms with Gasteiger partial charge in [-0.3, -0.25) is 9.59 Å². The standard InChI is InChI=1S/C4H4Cl2O4S/c5-1(7)3(9)11-4(10)2(6)8/h3-4,9-10H. The molecule has 64 valence electrons. The Morgan fingerprint density at radius 2 is 1.36 bits per heavy atom. The van der Waals surface area contributed by atoms with Crippen LogP contribution in [-0.2, 0) is 9.59 Å². The molecule has 7 heteroatoms. The van der Waals surface area contributed by atoms with Crippen molar-refractivity contribution in [2.24, 2.45) is 0 Å². The summed E-state index contributed by atoms with van der Waals surface area (Å²) in [4.78, 5) is 20.3. The van der Waals surface area contributed by atoms with Gasteiger partial charge in [-0.05, 0) is 23.2 Å². The van der Waals surface area contributed by atoms with Gasteiger partial charge in [0.1, 0.15) is 0 Å². The molecule has 0 heterocycles. The minimum Gasteiger partial charge on any atom is -0.374 e. The van der Waals surface area contributed by atoms with Crippen molar-refractivity contribution in [2.45, 2.75) is 10.9 Å². The molecular formula is C4H4Cl2O4S. The number of aliphatic hydroxyl groups excluding tert-OH is 2. The Bertz CT molecular complexity index is 155. The number of halogens is 2. The summed E-state index contributed by atoms with van der Waals surface area (Å²) in [5.41, 5.74) is -3.26. The van der Waals surface area contributed by atoms with E-state index in [4.69, 9.17) is 33.4 Å². The molecule has 2 N–H and O–H groups in total. The second-order valence-electron chi connectivity index (χ2n) is 1.45. The normalized spacial score (nSPS) is 15.6. The first-order valence-corrected chi connectivity index (χ1v) is 4.05. The molecule has 0 bridgehead atoms. The number of hydrogen-bond acceptors (Lipinski definition) is 5. The highest BCUT2D eigenvalue weighted by Crippen LogP contribution is 2.17.